The highest BCUT2D eigenvalue weighted by Gasteiger charge is 2.26. The fourth-order valence-corrected chi connectivity index (χ4v) is 3.14. The summed E-state index contributed by atoms with van der Waals surface area (Å²) in [5.74, 6) is 0.936. The third-order valence-corrected chi connectivity index (χ3v) is 4.44. The van der Waals surface area contributed by atoms with Gasteiger partial charge in [-0.3, -0.25) is 4.79 Å². The van der Waals surface area contributed by atoms with Crippen LogP contribution < -0.4 is 5.32 Å². The molecule has 24 heavy (non-hydrogen) atoms. The Morgan fingerprint density at radius 1 is 1.33 bits per heavy atom. The molecular weight excluding hydrogens is 347 g/mol. The Morgan fingerprint density at radius 3 is 2.67 bits per heavy atom. The van der Waals surface area contributed by atoms with Gasteiger partial charge in [0.25, 0.3) is 5.91 Å². The van der Waals surface area contributed by atoms with Crippen molar-refractivity contribution in [3.8, 4) is 5.82 Å². The standard InChI is InChI=1S/C17H22N4O.2ClH/c1-12-10-15(17(22)20(3)14-7-9-18-11-14)13(2)21(12)16-6-4-5-8-19-16;;/h4-6,8,10,14,18H,7,9,11H2,1-3H3;2*1H. The van der Waals surface area contributed by atoms with Crippen molar-refractivity contribution in [2.45, 2.75) is 26.3 Å². The Kier molecular flexibility index (Phi) is 7.27. The molecule has 1 N–H and O–H groups in total. The van der Waals surface area contributed by atoms with Crippen LogP contribution in [0.4, 0.5) is 0 Å². The molecule has 1 saturated heterocycles. The smallest absolute Gasteiger partial charge is 0.255 e. The van der Waals surface area contributed by atoms with E-state index < -0.39 is 0 Å². The number of nitrogens with zero attached hydrogens (tertiary/aromatic N) is 3. The van der Waals surface area contributed by atoms with Gasteiger partial charge in [-0.25, -0.2) is 4.98 Å². The van der Waals surface area contributed by atoms with E-state index in [1.165, 1.54) is 0 Å². The van der Waals surface area contributed by atoms with Gasteiger partial charge in [0, 0.05) is 37.2 Å². The van der Waals surface area contributed by atoms with Gasteiger partial charge in [0.15, 0.2) is 0 Å². The van der Waals surface area contributed by atoms with Crippen LogP contribution in [0.2, 0.25) is 0 Å². The first-order valence-electron chi connectivity index (χ1n) is 7.68. The zero-order valence-electron chi connectivity index (χ0n) is 14.2. The van der Waals surface area contributed by atoms with Gasteiger partial charge in [0.1, 0.15) is 5.82 Å². The number of hydrogen-bond donors (Lipinski definition) is 1. The van der Waals surface area contributed by atoms with Crippen molar-refractivity contribution in [1.82, 2.24) is 19.8 Å². The van der Waals surface area contributed by atoms with Gasteiger partial charge in [0.05, 0.1) is 5.56 Å². The number of carbonyl (C=O) groups is 1. The van der Waals surface area contributed by atoms with Crippen molar-refractivity contribution in [1.29, 1.82) is 0 Å². The maximum atomic E-state index is 12.8. The third-order valence-electron chi connectivity index (χ3n) is 4.44. The average Bonchev–Trinajstić information content (AvgIpc) is 3.15. The van der Waals surface area contributed by atoms with Crippen molar-refractivity contribution in [2.24, 2.45) is 0 Å². The van der Waals surface area contributed by atoms with Crippen molar-refractivity contribution < 1.29 is 4.79 Å². The summed E-state index contributed by atoms with van der Waals surface area (Å²) in [4.78, 5) is 19.1. The van der Waals surface area contributed by atoms with E-state index >= 15 is 0 Å². The minimum atomic E-state index is 0. The summed E-state index contributed by atoms with van der Waals surface area (Å²) in [6.07, 6.45) is 2.78. The number of carbonyl (C=O) groups excluding carboxylic acids is 1. The van der Waals surface area contributed by atoms with E-state index in [9.17, 15) is 4.79 Å². The fourth-order valence-electron chi connectivity index (χ4n) is 3.14. The highest BCUT2D eigenvalue weighted by Crippen LogP contribution is 2.21. The Bertz CT molecular complexity index is 681. The molecule has 0 saturated carbocycles. The van der Waals surface area contributed by atoms with Crippen LogP contribution in [0.5, 0.6) is 0 Å². The van der Waals surface area contributed by atoms with Crippen LogP contribution in [0.1, 0.15) is 28.2 Å². The van der Waals surface area contributed by atoms with Crippen molar-refractivity contribution in [3.63, 3.8) is 0 Å². The lowest BCUT2D eigenvalue weighted by Gasteiger charge is -2.23. The zero-order valence-corrected chi connectivity index (χ0v) is 15.8. The number of aryl methyl sites for hydroxylation is 1. The van der Waals surface area contributed by atoms with Gasteiger partial charge in [-0.05, 0) is 45.0 Å². The SMILES string of the molecule is Cc1cc(C(=O)N(C)C2CCNC2)c(C)n1-c1ccccn1.Cl.Cl. The number of aromatic nitrogens is 2. The molecule has 2 aromatic heterocycles. The van der Waals surface area contributed by atoms with Gasteiger partial charge in [-0.2, -0.15) is 0 Å². The Morgan fingerprint density at radius 2 is 2.08 bits per heavy atom. The summed E-state index contributed by atoms with van der Waals surface area (Å²) in [5.41, 5.74) is 2.73. The summed E-state index contributed by atoms with van der Waals surface area (Å²) < 4.78 is 2.04. The molecule has 0 spiro atoms. The van der Waals surface area contributed by atoms with Crippen molar-refractivity contribution in [3.05, 3.63) is 47.4 Å². The number of amides is 1. The van der Waals surface area contributed by atoms with Crippen LogP contribution in [-0.2, 0) is 0 Å². The quantitative estimate of drug-likeness (QED) is 0.903. The van der Waals surface area contributed by atoms with Gasteiger partial charge in [-0.1, -0.05) is 6.07 Å². The molecule has 7 heteroatoms. The Hall–Kier alpha value is -1.56. The average molecular weight is 371 g/mol. The van der Waals surface area contributed by atoms with Crippen LogP contribution in [0, 0.1) is 13.8 Å². The molecule has 1 aliphatic heterocycles. The van der Waals surface area contributed by atoms with Gasteiger partial charge in [-0.15, -0.1) is 24.8 Å². The van der Waals surface area contributed by atoms with Gasteiger partial charge >= 0.3 is 0 Å². The molecule has 5 nitrogen and oxygen atoms in total. The first-order valence-corrected chi connectivity index (χ1v) is 7.68. The number of hydrogen-bond acceptors (Lipinski definition) is 3. The summed E-state index contributed by atoms with van der Waals surface area (Å²) in [7, 11) is 1.90. The summed E-state index contributed by atoms with van der Waals surface area (Å²) >= 11 is 0. The third kappa shape index (κ3) is 3.74. The van der Waals surface area contributed by atoms with Gasteiger partial charge < -0.3 is 14.8 Å². The lowest BCUT2D eigenvalue weighted by atomic mass is 10.1. The first-order chi connectivity index (χ1) is 10.6. The van der Waals surface area contributed by atoms with E-state index in [1.54, 1.807) is 6.20 Å². The molecule has 3 rings (SSSR count). The molecule has 2 aromatic rings. The van der Waals surface area contributed by atoms with Crippen molar-refractivity contribution >= 4 is 30.7 Å². The largest absolute Gasteiger partial charge is 0.337 e. The molecule has 3 heterocycles. The second-order valence-electron chi connectivity index (χ2n) is 5.87. The number of nitrogens with one attached hydrogen (secondary N) is 1. The topological polar surface area (TPSA) is 50.2 Å². The van der Waals surface area contributed by atoms with E-state index in [-0.39, 0.29) is 36.8 Å². The summed E-state index contributed by atoms with van der Waals surface area (Å²) in [6.45, 7) is 5.85. The molecule has 1 aliphatic rings. The highest BCUT2D eigenvalue weighted by atomic mass is 35.5. The van der Waals surface area contributed by atoms with Crippen LogP contribution >= 0.6 is 24.8 Å². The van der Waals surface area contributed by atoms with E-state index in [2.05, 4.69) is 10.3 Å². The lowest BCUT2D eigenvalue weighted by molar-refractivity contribution is 0.0743. The monoisotopic (exact) mass is 370 g/mol. The van der Waals surface area contributed by atoms with E-state index in [1.807, 2.05) is 54.6 Å². The number of likely N-dealkylation sites (N-methyl/N-ethyl adjacent to an activating group) is 1. The molecule has 0 aromatic carbocycles. The van der Waals surface area contributed by atoms with E-state index in [0.29, 0.717) is 0 Å². The summed E-state index contributed by atoms with van der Waals surface area (Å²) in [6, 6.07) is 8.05. The van der Waals surface area contributed by atoms with E-state index in [0.717, 1.165) is 42.3 Å². The molecule has 0 bridgehead atoms. The number of pyridine rings is 1. The fraction of sp³-hybridized carbons (Fsp3) is 0.412. The van der Waals surface area contributed by atoms with Crippen LogP contribution in [0.15, 0.2) is 30.5 Å². The molecule has 132 valence electrons. The normalized spacial score (nSPS) is 16.2. The Labute approximate surface area is 155 Å². The Balaban J connectivity index is 0.00000144. The number of halogens is 2. The first kappa shape index (κ1) is 20.5. The zero-order chi connectivity index (χ0) is 15.7. The predicted octanol–water partition coefficient (Wildman–Crippen LogP) is 2.77. The molecule has 1 unspecified atom stereocenters. The molecule has 1 fully saturated rings. The maximum absolute atomic E-state index is 12.8. The minimum absolute atomic E-state index is 0. The molecule has 0 aliphatic carbocycles. The lowest BCUT2D eigenvalue weighted by Crippen LogP contribution is -2.38. The second-order valence-corrected chi connectivity index (χ2v) is 5.87. The molecular formula is C17H24Cl2N4O. The van der Waals surface area contributed by atoms with Crippen LogP contribution in [0.3, 0.4) is 0 Å². The second kappa shape index (κ2) is 8.51. The van der Waals surface area contributed by atoms with Gasteiger partial charge in [0.2, 0.25) is 0 Å². The highest BCUT2D eigenvalue weighted by molar-refractivity contribution is 5.96. The minimum Gasteiger partial charge on any atom is -0.337 e. The molecule has 0 radical (unpaired) electrons. The predicted molar refractivity (Wildman–Crippen MR) is 101 cm³/mol. The summed E-state index contributed by atoms with van der Waals surface area (Å²) in [5, 5.41) is 3.31. The van der Waals surface area contributed by atoms with Crippen LogP contribution in [-0.4, -0.2) is 46.5 Å². The maximum Gasteiger partial charge on any atom is 0.255 e. The molecule has 1 amide bonds. The molecule has 1 atom stereocenters. The van der Waals surface area contributed by atoms with E-state index in [4.69, 9.17) is 0 Å². The number of rotatable bonds is 3. The van der Waals surface area contributed by atoms with Crippen molar-refractivity contribution in [2.75, 3.05) is 20.1 Å². The van der Waals surface area contributed by atoms with Crippen LogP contribution in [0.25, 0.3) is 5.82 Å².